The molecule has 2 aromatic carbocycles. The summed E-state index contributed by atoms with van der Waals surface area (Å²) in [7, 11) is 0. The van der Waals surface area contributed by atoms with Gasteiger partial charge >= 0.3 is 0 Å². The summed E-state index contributed by atoms with van der Waals surface area (Å²) in [6.07, 6.45) is 1.20. The molecule has 2 aromatic rings. The van der Waals surface area contributed by atoms with Gasteiger partial charge in [0.1, 0.15) is 0 Å². The fraction of sp³-hybridized carbons (Fsp3) is 0.176. The molecule has 0 spiro atoms. The van der Waals surface area contributed by atoms with Gasteiger partial charge in [-0.2, -0.15) is 5.26 Å². The number of benzene rings is 2. The number of nitrogens with zero attached hydrogens (tertiary/aromatic N) is 1. The molecule has 19 heavy (non-hydrogen) atoms. The zero-order chi connectivity index (χ0) is 13.7. The highest BCUT2D eigenvalue weighted by Gasteiger charge is 2.06. The quantitative estimate of drug-likeness (QED) is 0.775. The van der Waals surface area contributed by atoms with Crippen molar-refractivity contribution in [2.45, 2.75) is 19.8 Å². The average Bonchev–Trinajstić information content (AvgIpc) is 2.46. The molecule has 0 amide bonds. The minimum atomic E-state index is 0.0812. The van der Waals surface area contributed by atoms with E-state index < -0.39 is 0 Å². The molecule has 0 aliphatic rings. The van der Waals surface area contributed by atoms with Crippen LogP contribution < -0.4 is 0 Å². The Kier molecular flexibility index (Phi) is 4.10. The van der Waals surface area contributed by atoms with E-state index in [1.807, 2.05) is 19.1 Å². The topological polar surface area (TPSA) is 40.9 Å². The van der Waals surface area contributed by atoms with E-state index in [-0.39, 0.29) is 5.78 Å². The van der Waals surface area contributed by atoms with Crippen LogP contribution in [0.3, 0.4) is 0 Å². The van der Waals surface area contributed by atoms with Crippen molar-refractivity contribution in [2.24, 2.45) is 0 Å². The molecule has 0 fully saturated rings. The number of carbonyl (C=O) groups is 1. The lowest BCUT2D eigenvalue weighted by Crippen LogP contribution is -2.01. The van der Waals surface area contributed by atoms with Crippen molar-refractivity contribution in [1.29, 1.82) is 5.26 Å². The van der Waals surface area contributed by atoms with Gasteiger partial charge in [-0.25, -0.2) is 0 Å². The summed E-state index contributed by atoms with van der Waals surface area (Å²) in [6, 6.07) is 17.1. The lowest BCUT2D eigenvalue weighted by atomic mass is 10.0. The van der Waals surface area contributed by atoms with Gasteiger partial charge in [0.15, 0.2) is 5.78 Å². The first-order valence-electron chi connectivity index (χ1n) is 6.28. The van der Waals surface area contributed by atoms with E-state index >= 15 is 0 Å². The van der Waals surface area contributed by atoms with Gasteiger partial charge in [-0.1, -0.05) is 42.0 Å². The molecule has 94 valence electrons. The molecule has 0 heterocycles. The average molecular weight is 249 g/mol. The van der Waals surface area contributed by atoms with Crippen LogP contribution in [0.1, 0.15) is 33.5 Å². The third kappa shape index (κ3) is 3.53. The Hall–Kier alpha value is -2.40. The summed E-state index contributed by atoms with van der Waals surface area (Å²) >= 11 is 0. The summed E-state index contributed by atoms with van der Waals surface area (Å²) in [4.78, 5) is 12.0. The van der Waals surface area contributed by atoms with Crippen LogP contribution in [-0.4, -0.2) is 5.78 Å². The third-order valence-electron chi connectivity index (χ3n) is 3.07. The van der Waals surface area contributed by atoms with Gasteiger partial charge in [-0.3, -0.25) is 4.79 Å². The van der Waals surface area contributed by atoms with E-state index in [2.05, 4.69) is 18.2 Å². The predicted molar refractivity (Wildman–Crippen MR) is 75.0 cm³/mol. The van der Waals surface area contributed by atoms with E-state index in [1.54, 1.807) is 24.3 Å². The number of carbonyl (C=O) groups excluding carboxylic acids is 1. The van der Waals surface area contributed by atoms with Crippen LogP contribution in [0.4, 0.5) is 0 Å². The van der Waals surface area contributed by atoms with Gasteiger partial charge in [0, 0.05) is 12.0 Å². The van der Waals surface area contributed by atoms with Crippen molar-refractivity contribution in [3.8, 4) is 6.07 Å². The highest BCUT2D eigenvalue weighted by atomic mass is 16.1. The maximum absolute atomic E-state index is 12.0. The molecule has 0 saturated carbocycles. The number of Topliss-reactive ketones (excluding diaryl/α,β-unsaturated/α-hetero) is 1. The van der Waals surface area contributed by atoms with E-state index in [1.165, 1.54) is 5.56 Å². The van der Waals surface area contributed by atoms with Crippen molar-refractivity contribution in [2.75, 3.05) is 0 Å². The Labute approximate surface area is 113 Å². The number of aryl methyl sites for hydroxylation is 2. The fourth-order valence-electron chi connectivity index (χ4n) is 1.92. The molecule has 2 nitrogen and oxygen atoms in total. The van der Waals surface area contributed by atoms with Crippen LogP contribution >= 0.6 is 0 Å². The summed E-state index contributed by atoms with van der Waals surface area (Å²) < 4.78 is 0. The number of hydrogen-bond acceptors (Lipinski definition) is 2. The second kappa shape index (κ2) is 5.97. The normalized spacial score (nSPS) is 9.89. The van der Waals surface area contributed by atoms with Gasteiger partial charge in [0.2, 0.25) is 0 Å². The molecule has 0 bridgehead atoms. The SMILES string of the molecule is Cc1ccc(CCC(=O)c2cccc(C#N)c2)cc1. The predicted octanol–water partition coefficient (Wildman–Crippen LogP) is 3.68. The first kappa shape index (κ1) is 13.0. The molecule has 0 N–H and O–H groups in total. The monoisotopic (exact) mass is 249 g/mol. The number of ketones is 1. The van der Waals surface area contributed by atoms with Crippen LogP contribution in [0.15, 0.2) is 48.5 Å². The molecule has 0 unspecified atom stereocenters. The Bertz CT molecular complexity index is 620. The van der Waals surface area contributed by atoms with E-state index in [9.17, 15) is 4.79 Å². The fourth-order valence-corrected chi connectivity index (χ4v) is 1.92. The third-order valence-corrected chi connectivity index (χ3v) is 3.07. The van der Waals surface area contributed by atoms with Crippen molar-refractivity contribution in [3.63, 3.8) is 0 Å². The smallest absolute Gasteiger partial charge is 0.163 e. The molecule has 0 aliphatic heterocycles. The maximum Gasteiger partial charge on any atom is 0.163 e. The summed E-state index contributed by atoms with van der Waals surface area (Å²) in [6.45, 7) is 2.04. The van der Waals surface area contributed by atoms with Gasteiger partial charge < -0.3 is 0 Å². The Morgan fingerprint density at radius 1 is 1.16 bits per heavy atom. The standard InChI is InChI=1S/C17H15NO/c1-13-5-7-14(8-6-13)9-10-17(19)16-4-2-3-15(11-16)12-18/h2-8,11H,9-10H2,1H3. The van der Waals surface area contributed by atoms with Gasteiger partial charge in [-0.05, 0) is 31.0 Å². The highest BCUT2D eigenvalue weighted by molar-refractivity contribution is 5.96. The number of hydrogen-bond donors (Lipinski definition) is 0. The van der Waals surface area contributed by atoms with Gasteiger partial charge in [0.25, 0.3) is 0 Å². The lowest BCUT2D eigenvalue weighted by Gasteiger charge is -2.03. The molecule has 2 heteroatoms. The maximum atomic E-state index is 12.0. The second-order valence-corrected chi connectivity index (χ2v) is 4.60. The lowest BCUT2D eigenvalue weighted by molar-refractivity contribution is 0.0983. The van der Waals surface area contributed by atoms with Crippen molar-refractivity contribution >= 4 is 5.78 Å². The van der Waals surface area contributed by atoms with Crippen LogP contribution in [-0.2, 0) is 6.42 Å². The summed E-state index contributed by atoms with van der Waals surface area (Å²) in [5.41, 5.74) is 3.53. The summed E-state index contributed by atoms with van der Waals surface area (Å²) in [5, 5.41) is 8.82. The molecule has 0 aromatic heterocycles. The zero-order valence-electron chi connectivity index (χ0n) is 10.9. The summed E-state index contributed by atoms with van der Waals surface area (Å²) in [5.74, 6) is 0.0812. The second-order valence-electron chi connectivity index (χ2n) is 4.60. The Balaban J connectivity index is 2.01. The first-order chi connectivity index (χ1) is 9.19. The zero-order valence-corrected chi connectivity index (χ0v) is 10.9. The minimum absolute atomic E-state index is 0.0812. The molecule has 0 atom stereocenters. The Morgan fingerprint density at radius 2 is 1.89 bits per heavy atom. The van der Waals surface area contributed by atoms with Crippen molar-refractivity contribution in [1.82, 2.24) is 0 Å². The van der Waals surface area contributed by atoms with Crippen molar-refractivity contribution < 1.29 is 4.79 Å². The minimum Gasteiger partial charge on any atom is -0.294 e. The van der Waals surface area contributed by atoms with Crippen LogP contribution in [0.5, 0.6) is 0 Å². The van der Waals surface area contributed by atoms with Crippen LogP contribution in [0.25, 0.3) is 0 Å². The largest absolute Gasteiger partial charge is 0.294 e. The van der Waals surface area contributed by atoms with Crippen LogP contribution in [0.2, 0.25) is 0 Å². The molecular formula is C17H15NO. The molecular weight excluding hydrogens is 234 g/mol. The molecule has 0 aliphatic carbocycles. The first-order valence-corrected chi connectivity index (χ1v) is 6.28. The number of nitriles is 1. The van der Waals surface area contributed by atoms with E-state index in [0.717, 1.165) is 12.0 Å². The molecule has 2 rings (SSSR count). The van der Waals surface area contributed by atoms with Crippen LogP contribution in [0, 0.1) is 18.3 Å². The number of rotatable bonds is 4. The highest BCUT2D eigenvalue weighted by Crippen LogP contribution is 2.11. The van der Waals surface area contributed by atoms with E-state index in [4.69, 9.17) is 5.26 Å². The Morgan fingerprint density at radius 3 is 2.58 bits per heavy atom. The molecule has 0 saturated heterocycles. The van der Waals surface area contributed by atoms with Crippen molar-refractivity contribution in [3.05, 3.63) is 70.8 Å². The van der Waals surface area contributed by atoms with Gasteiger partial charge in [-0.15, -0.1) is 0 Å². The molecule has 0 radical (unpaired) electrons. The van der Waals surface area contributed by atoms with Gasteiger partial charge in [0.05, 0.1) is 11.6 Å². The van der Waals surface area contributed by atoms with E-state index in [0.29, 0.717) is 17.5 Å².